The van der Waals surface area contributed by atoms with Crippen molar-refractivity contribution in [3.05, 3.63) is 63.9 Å². The lowest BCUT2D eigenvalue weighted by molar-refractivity contribution is -0.163. The molecule has 1 aromatic carbocycles. The van der Waals surface area contributed by atoms with Gasteiger partial charge in [-0.1, -0.05) is 25.5 Å². The maximum atomic E-state index is 13.2. The van der Waals surface area contributed by atoms with Gasteiger partial charge in [0.1, 0.15) is 18.0 Å². The molecule has 0 saturated carbocycles. The van der Waals surface area contributed by atoms with Crippen LogP contribution < -0.4 is 4.74 Å². The Balaban J connectivity index is 1.65. The van der Waals surface area contributed by atoms with Gasteiger partial charge in [-0.3, -0.25) is 4.79 Å². The number of aryl methyl sites for hydroxylation is 1. The van der Waals surface area contributed by atoms with Crippen LogP contribution in [0.1, 0.15) is 64.3 Å². The molecule has 1 N–H and O–H groups in total. The number of aromatic nitrogens is 1. The quantitative estimate of drug-likeness (QED) is 0.450. The van der Waals surface area contributed by atoms with Gasteiger partial charge < -0.3 is 19.3 Å². The molecule has 8 heteroatoms. The molecule has 1 atom stereocenters. The molecule has 0 saturated heterocycles. The van der Waals surface area contributed by atoms with Crippen LogP contribution in [0.15, 0.2) is 47.1 Å². The van der Waals surface area contributed by atoms with Crippen LogP contribution in [-0.4, -0.2) is 45.8 Å². The van der Waals surface area contributed by atoms with Gasteiger partial charge in [0.25, 0.3) is 0 Å². The molecule has 1 aliphatic heterocycles. The standard InChI is InChI=1S/C30H31NO7/c1-6-19-20-14-18(37-28(34)38-29(3,4)5)8-9-24(20)31-26-17-10-16(11-21(19)26)12-25(32)22-15-36-27(33)30(35,7-2)23(22)13-17/h8-10,13-14,35H,6-7,11-12,15H2,1-5H3/b17-13+/t30-/m0/s1. The molecule has 198 valence electrons. The Hall–Kier alpha value is -3.78. The lowest BCUT2D eigenvalue weighted by atomic mass is 9.77. The summed E-state index contributed by atoms with van der Waals surface area (Å²) in [6.45, 7) is 8.89. The monoisotopic (exact) mass is 517 g/mol. The molecule has 0 fully saturated rings. The number of cyclic esters (lactones) is 1. The van der Waals surface area contributed by atoms with Crippen LogP contribution in [-0.2, 0) is 31.9 Å². The highest BCUT2D eigenvalue weighted by Crippen LogP contribution is 2.42. The predicted molar refractivity (Wildman–Crippen MR) is 141 cm³/mol. The molecule has 0 unspecified atom stereocenters. The summed E-state index contributed by atoms with van der Waals surface area (Å²) in [6, 6.07) is 5.26. The molecule has 0 spiro atoms. The largest absolute Gasteiger partial charge is 0.514 e. The van der Waals surface area contributed by atoms with Crippen LogP contribution in [0.3, 0.4) is 0 Å². The number of carbonyl (C=O) groups excluding carboxylic acids is 3. The number of hydrogen-bond donors (Lipinski definition) is 1. The number of Topliss-reactive ketones (excluding diaryl/α,β-unsaturated/α-hetero) is 1. The van der Waals surface area contributed by atoms with Crippen LogP contribution >= 0.6 is 0 Å². The second-order valence-electron chi connectivity index (χ2n) is 10.9. The van der Waals surface area contributed by atoms with E-state index in [2.05, 4.69) is 0 Å². The van der Waals surface area contributed by atoms with Crippen LogP contribution in [0.25, 0.3) is 16.5 Å². The number of benzene rings is 1. The van der Waals surface area contributed by atoms with Crippen molar-refractivity contribution in [1.29, 1.82) is 0 Å². The summed E-state index contributed by atoms with van der Waals surface area (Å²) in [5.74, 6) is -0.558. The van der Waals surface area contributed by atoms with Crippen molar-refractivity contribution in [3.63, 3.8) is 0 Å². The summed E-state index contributed by atoms with van der Waals surface area (Å²) in [5, 5.41) is 12.1. The van der Waals surface area contributed by atoms with Crippen molar-refractivity contribution >= 4 is 34.4 Å². The molecule has 5 rings (SSSR count). The van der Waals surface area contributed by atoms with E-state index in [1.165, 1.54) is 0 Å². The average Bonchev–Trinajstić information content (AvgIpc) is 2.83. The Morgan fingerprint density at radius 3 is 2.61 bits per heavy atom. The summed E-state index contributed by atoms with van der Waals surface area (Å²) in [4.78, 5) is 43.0. The van der Waals surface area contributed by atoms with Crippen LogP contribution in [0.5, 0.6) is 5.75 Å². The second kappa shape index (κ2) is 9.20. The van der Waals surface area contributed by atoms with Gasteiger partial charge >= 0.3 is 12.1 Å². The fourth-order valence-corrected chi connectivity index (χ4v) is 5.34. The number of carbonyl (C=O) groups is 3. The molecule has 2 bridgehead atoms. The minimum Gasteiger partial charge on any atom is -0.458 e. The van der Waals surface area contributed by atoms with E-state index >= 15 is 0 Å². The zero-order valence-corrected chi connectivity index (χ0v) is 22.3. The lowest BCUT2D eigenvalue weighted by Crippen LogP contribution is -2.46. The van der Waals surface area contributed by atoms with E-state index in [0.29, 0.717) is 29.7 Å². The Kier molecular flexibility index (Phi) is 6.26. The number of ether oxygens (including phenoxy) is 3. The zero-order chi connectivity index (χ0) is 27.4. The van der Waals surface area contributed by atoms with E-state index in [1.54, 1.807) is 52.0 Å². The Morgan fingerprint density at radius 2 is 1.92 bits per heavy atom. The van der Waals surface area contributed by atoms with Gasteiger partial charge in [0.05, 0.1) is 11.2 Å². The number of esters is 1. The van der Waals surface area contributed by atoms with Crippen LogP contribution in [0, 0.1) is 0 Å². The third-order valence-corrected chi connectivity index (χ3v) is 7.15. The Labute approximate surface area is 221 Å². The highest BCUT2D eigenvalue weighted by atomic mass is 16.7. The normalized spacial score (nSPS) is 22.4. The van der Waals surface area contributed by atoms with Gasteiger partial charge in [0.15, 0.2) is 11.4 Å². The minimum atomic E-state index is -1.89. The smallest absolute Gasteiger partial charge is 0.458 e. The molecule has 8 nitrogen and oxygen atoms in total. The molecule has 0 radical (unpaired) electrons. The third-order valence-electron chi connectivity index (χ3n) is 7.15. The van der Waals surface area contributed by atoms with E-state index in [0.717, 1.165) is 38.9 Å². The van der Waals surface area contributed by atoms with Crippen molar-refractivity contribution in [3.8, 4) is 5.75 Å². The molecule has 38 heavy (non-hydrogen) atoms. The van der Waals surface area contributed by atoms with Gasteiger partial charge in [0, 0.05) is 28.5 Å². The van der Waals surface area contributed by atoms with Crippen LogP contribution in [0.4, 0.5) is 4.79 Å². The second-order valence-corrected chi connectivity index (χ2v) is 10.9. The summed E-state index contributed by atoms with van der Waals surface area (Å²) >= 11 is 0. The summed E-state index contributed by atoms with van der Waals surface area (Å²) in [6.07, 6.45) is 4.36. The van der Waals surface area contributed by atoms with Gasteiger partial charge in [-0.2, -0.15) is 0 Å². The fourth-order valence-electron chi connectivity index (χ4n) is 5.34. The average molecular weight is 518 g/mol. The van der Waals surface area contributed by atoms with Gasteiger partial charge in [-0.05, 0) is 75.4 Å². The van der Waals surface area contributed by atoms with Gasteiger partial charge in [0.2, 0.25) is 0 Å². The Morgan fingerprint density at radius 1 is 1.16 bits per heavy atom. The third kappa shape index (κ3) is 4.43. The van der Waals surface area contributed by atoms with Crippen molar-refractivity contribution in [2.24, 2.45) is 0 Å². The number of nitrogens with zero attached hydrogens (tertiary/aromatic N) is 1. The highest BCUT2D eigenvalue weighted by Gasteiger charge is 2.46. The first-order chi connectivity index (χ1) is 17.9. The first-order valence-electron chi connectivity index (χ1n) is 12.9. The number of fused-ring (bicyclic) bond motifs is 4. The molecular weight excluding hydrogens is 486 g/mol. The van der Waals surface area contributed by atoms with E-state index in [9.17, 15) is 19.5 Å². The molecule has 1 aromatic heterocycles. The summed E-state index contributed by atoms with van der Waals surface area (Å²) < 4.78 is 15.9. The SMILES string of the molecule is CCc1c2c(nc3ccc(OC(=O)OC(C)(C)C)cc13)/C1=C/C3=C(COC(=O)[C@]3(O)CC)C(=O)CC(=C1)C2. The van der Waals surface area contributed by atoms with E-state index < -0.39 is 23.3 Å². The molecule has 3 aliphatic rings. The first-order valence-corrected chi connectivity index (χ1v) is 12.9. The number of aliphatic hydroxyl groups is 1. The van der Waals surface area contributed by atoms with E-state index in [1.807, 2.05) is 13.0 Å². The van der Waals surface area contributed by atoms with E-state index in [4.69, 9.17) is 19.2 Å². The molecule has 2 heterocycles. The number of hydrogen-bond acceptors (Lipinski definition) is 8. The van der Waals surface area contributed by atoms with Gasteiger partial charge in [-0.25, -0.2) is 14.6 Å². The fraction of sp³-hybridized carbons (Fsp3) is 0.400. The number of pyridine rings is 1. The molecule has 2 aliphatic carbocycles. The summed E-state index contributed by atoms with van der Waals surface area (Å²) in [7, 11) is 0. The Bertz CT molecular complexity index is 1490. The summed E-state index contributed by atoms with van der Waals surface area (Å²) in [5.41, 5.74) is 3.21. The molecule has 0 amide bonds. The van der Waals surface area contributed by atoms with Crippen molar-refractivity contribution in [2.75, 3.05) is 6.61 Å². The molecular formula is C30H31NO7. The zero-order valence-electron chi connectivity index (χ0n) is 22.3. The van der Waals surface area contributed by atoms with Crippen molar-refractivity contribution in [2.45, 2.75) is 71.5 Å². The number of rotatable bonds is 3. The maximum Gasteiger partial charge on any atom is 0.514 e. The number of allylic oxidation sites excluding steroid dienone is 3. The lowest BCUT2D eigenvalue weighted by Gasteiger charge is -2.34. The van der Waals surface area contributed by atoms with Crippen molar-refractivity contribution < 1.29 is 33.7 Å². The topological polar surface area (TPSA) is 112 Å². The predicted octanol–water partition coefficient (Wildman–Crippen LogP) is 4.94. The van der Waals surface area contributed by atoms with Gasteiger partial charge in [-0.15, -0.1) is 0 Å². The highest BCUT2D eigenvalue weighted by molar-refractivity contribution is 6.04. The van der Waals surface area contributed by atoms with Crippen molar-refractivity contribution in [1.82, 2.24) is 4.98 Å². The minimum absolute atomic E-state index is 0.0803. The number of ketones is 1. The van der Waals surface area contributed by atoms with E-state index in [-0.39, 0.29) is 25.2 Å². The maximum absolute atomic E-state index is 13.2. The van der Waals surface area contributed by atoms with Crippen LogP contribution in [0.2, 0.25) is 0 Å². The first kappa shape index (κ1) is 25.9. The molecule has 2 aromatic rings.